The van der Waals surface area contributed by atoms with Crippen LogP contribution >= 0.6 is 0 Å². The Morgan fingerprint density at radius 1 is 0.694 bits per heavy atom. The normalized spacial score (nSPS) is 14.9. The summed E-state index contributed by atoms with van der Waals surface area (Å²) in [6.07, 6.45) is 4.05. The van der Waals surface area contributed by atoms with Crippen LogP contribution in [-0.4, -0.2) is 50.1 Å². The number of anilines is 4. The number of nitrogens with one attached hydrogen (secondary N) is 4. The summed E-state index contributed by atoms with van der Waals surface area (Å²) in [4.78, 5) is 47.6. The molecule has 2 aliphatic heterocycles. The van der Waals surface area contributed by atoms with Gasteiger partial charge in [0.1, 0.15) is 13.2 Å². The van der Waals surface area contributed by atoms with Gasteiger partial charge in [0, 0.05) is 35.6 Å². The van der Waals surface area contributed by atoms with Gasteiger partial charge in [-0.05, 0) is 73.2 Å². The smallest absolute Gasteiger partial charge is 0.250 e. The molecule has 0 bridgehead atoms. The van der Waals surface area contributed by atoms with Crippen LogP contribution in [-0.2, 0) is 41.5 Å². The van der Waals surface area contributed by atoms with Gasteiger partial charge in [-0.3, -0.25) is 19.2 Å². The van der Waals surface area contributed by atoms with Crippen LogP contribution in [0.15, 0.2) is 36.4 Å². The Morgan fingerprint density at radius 2 is 1.14 bits per heavy atom. The van der Waals surface area contributed by atoms with Gasteiger partial charge < -0.3 is 30.7 Å². The first-order valence-electron chi connectivity index (χ1n) is 12.1. The fourth-order valence-electron chi connectivity index (χ4n) is 4.15. The van der Waals surface area contributed by atoms with Gasteiger partial charge in [-0.15, -0.1) is 0 Å². The minimum absolute atomic E-state index is 0.00361. The Labute approximate surface area is 209 Å². The zero-order chi connectivity index (χ0) is 25.3. The van der Waals surface area contributed by atoms with Gasteiger partial charge in [-0.1, -0.05) is 0 Å². The highest BCUT2D eigenvalue weighted by Crippen LogP contribution is 2.26. The van der Waals surface area contributed by atoms with Crippen molar-refractivity contribution in [2.75, 3.05) is 47.7 Å². The molecule has 10 nitrogen and oxygen atoms in total. The van der Waals surface area contributed by atoms with Gasteiger partial charge in [0.25, 0.3) is 0 Å². The summed E-state index contributed by atoms with van der Waals surface area (Å²) in [5.41, 5.74) is 4.83. The van der Waals surface area contributed by atoms with Crippen LogP contribution in [0.3, 0.4) is 0 Å². The third kappa shape index (κ3) is 7.37. The molecule has 0 aliphatic carbocycles. The number of hydrogen-bond donors (Lipinski definition) is 4. The van der Waals surface area contributed by atoms with Crippen molar-refractivity contribution in [2.24, 2.45) is 0 Å². The first-order valence-corrected chi connectivity index (χ1v) is 12.1. The second kappa shape index (κ2) is 12.3. The van der Waals surface area contributed by atoms with E-state index in [0.29, 0.717) is 24.2 Å². The minimum atomic E-state index is -0.301. The Hall–Kier alpha value is -3.76. The summed E-state index contributed by atoms with van der Waals surface area (Å²) in [7, 11) is 0. The fourth-order valence-corrected chi connectivity index (χ4v) is 4.15. The number of carbonyl (C=O) groups excluding carboxylic acids is 4. The largest absolute Gasteiger partial charge is 0.369 e. The lowest BCUT2D eigenvalue weighted by molar-refractivity contribution is -0.124. The van der Waals surface area contributed by atoms with E-state index >= 15 is 0 Å². The molecule has 10 heteroatoms. The van der Waals surface area contributed by atoms with Crippen LogP contribution in [0.25, 0.3) is 0 Å². The monoisotopic (exact) mass is 494 g/mol. The number of fused-ring (bicyclic) bond motifs is 2. The molecule has 4 amide bonds. The lowest BCUT2D eigenvalue weighted by Crippen LogP contribution is -2.22. The number of benzene rings is 2. The standard InChI is InChI=1S/C26H30N4O6/c31-23-5-1-3-17-13-19(7-9-21(17)29-23)27-25(33)15-35-11-12-36-16-26(34)28-20-8-10-22-18(14-20)4-2-6-24(32)30-22/h7-10,13-14H,1-6,11-12,15-16H2,(H,27,33)(H,28,34)(H,29,31)(H,30,32). The summed E-state index contributed by atoms with van der Waals surface area (Å²) >= 11 is 0. The molecule has 2 heterocycles. The highest BCUT2D eigenvalue weighted by molar-refractivity contribution is 5.95. The van der Waals surface area contributed by atoms with Crippen molar-refractivity contribution in [1.29, 1.82) is 0 Å². The molecule has 0 spiro atoms. The highest BCUT2D eigenvalue weighted by atomic mass is 16.5. The molecule has 0 unspecified atom stereocenters. The van der Waals surface area contributed by atoms with E-state index in [1.165, 1.54) is 0 Å². The fraction of sp³-hybridized carbons (Fsp3) is 0.385. The summed E-state index contributed by atoms with van der Waals surface area (Å²) < 4.78 is 10.7. The SMILES string of the molecule is O=C(COCCOCC(=O)Nc1ccc2c(c1)CCCC(=O)N2)Nc1ccc2c(c1)CCCC(=O)N2. The van der Waals surface area contributed by atoms with Gasteiger partial charge in [0.2, 0.25) is 23.6 Å². The third-order valence-electron chi connectivity index (χ3n) is 5.86. The van der Waals surface area contributed by atoms with E-state index in [4.69, 9.17) is 9.47 Å². The van der Waals surface area contributed by atoms with E-state index in [0.717, 1.165) is 48.2 Å². The Kier molecular flexibility index (Phi) is 8.64. The summed E-state index contributed by atoms with van der Waals surface area (Å²) in [6, 6.07) is 10.8. The van der Waals surface area contributed by atoms with E-state index in [-0.39, 0.29) is 50.1 Å². The van der Waals surface area contributed by atoms with E-state index in [9.17, 15) is 19.2 Å². The third-order valence-corrected chi connectivity index (χ3v) is 5.86. The molecule has 190 valence electrons. The quantitative estimate of drug-likeness (QED) is 0.396. The number of aryl methyl sites for hydroxylation is 2. The molecule has 0 fully saturated rings. The van der Waals surface area contributed by atoms with Gasteiger partial charge in [0.15, 0.2) is 0 Å². The van der Waals surface area contributed by atoms with Crippen LogP contribution < -0.4 is 21.3 Å². The van der Waals surface area contributed by atoms with Crippen LogP contribution in [0.1, 0.15) is 36.8 Å². The lowest BCUT2D eigenvalue weighted by atomic mass is 10.1. The van der Waals surface area contributed by atoms with Gasteiger partial charge in [0.05, 0.1) is 13.2 Å². The van der Waals surface area contributed by atoms with Gasteiger partial charge in [-0.2, -0.15) is 0 Å². The number of ether oxygens (including phenoxy) is 2. The first-order chi connectivity index (χ1) is 17.5. The van der Waals surface area contributed by atoms with Crippen molar-refractivity contribution in [1.82, 2.24) is 0 Å². The van der Waals surface area contributed by atoms with Crippen molar-refractivity contribution < 1.29 is 28.7 Å². The molecule has 2 aromatic rings. The number of hydrogen-bond acceptors (Lipinski definition) is 6. The Balaban J connectivity index is 1.11. The number of carbonyl (C=O) groups is 4. The average molecular weight is 495 g/mol. The zero-order valence-corrected chi connectivity index (χ0v) is 20.0. The first kappa shape index (κ1) is 25.3. The lowest BCUT2D eigenvalue weighted by Gasteiger charge is -2.11. The van der Waals surface area contributed by atoms with E-state index in [1.807, 2.05) is 12.1 Å². The van der Waals surface area contributed by atoms with E-state index in [1.54, 1.807) is 24.3 Å². The Morgan fingerprint density at radius 3 is 1.58 bits per heavy atom. The van der Waals surface area contributed by atoms with Crippen LogP contribution in [0.5, 0.6) is 0 Å². The zero-order valence-electron chi connectivity index (χ0n) is 20.0. The van der Waals surface area contributed by atoms with E-state index in [2.05, 4.69) is 21.3 Å². The summed E-state index contributed by atoms with van der Waals surface area (Å²) in [5.74, 6) is -0.595. The van der Waals surface area contributed by atoms with Crippen molar-refractivity contribution in [3.8, 4) is 0 Å². The van der Waals surface area contributed by atoms with E-state index < -0.39 is 0 Å². The highest BCUT2D eigenvalue weighted by Gasteiger charge is 2.15. The average Bonchev–Trinajstić information content (AvgIpc) is 3.14. The van der Waals surface area contributed by atoms with Gasteiger partial charge >= 0.3 is 0 Å². The number of rotatable bonds is 9. The molecular formula is C26H30N4O6. The molecule has 0 atom stereocenters. The van der Waals surface area contributed by atoms with Crippen molar-refractivity contribution >= 4 is 46.4 Å². The van der Waals surface area contributed by atoms with Gasteiger partial charge in [-0.25, -0.2) is 0 Å². The second-order valence-corrected chi connectivity index (χ2v) is 8.75. The van der Waals surface area contributed by atoms with Crippen molar-refractivity contribution in [3.63, 3.8) is 0 Å². The maximum atomic E-state index is 12.2. The molecule has 4 rings (SSSR count). The van der Waals surface area contributed by atoms with Crippen LogP contribution in [0.4, 0.5) is 22.7 Å². The Bertz CT molecular complexity index is 1060. The molecule has 0 aromatic heterocycles. The van der Waals surface area contributed by atoms with Crippen molar-refractivity contribution in [2.45, 2.75) is 38.5 Å². The predicted molar refractivity (Wildman–Crippen MR) is 135 cm³/mol. The maximum Gasteiger partial charge on any atom is 0.250 e. The molecule has 0 saturated carbocycles. The summed E-state index contributed by atoms with van der Waals surface area (Å²) in [5, 5.41) is 11.3. The molecule has 2 aromatic carbocycles. The molecule has 4 N–H and O–H groups in total. The van der Waals surface area contributed by atoms with Crippen molar-refractivity contribution in [3.05, 3.63) is 47.5 Å². The predicted octanol–water partition coefficient (Wildman–Crippen LogP) is 2.85. The number of amides is 4. The minimum Gasteiger partial charge on any atom is -0.369 e. The topological polar surface area (TPSA) is 135 Å². The van der Waals surface area contributed by atoms with Crippen LogP contribution in [0, 0.1) is 0 Å². The molecule has 36 heavy (non-hydrogen) atoms. The summed E-state index contributed by atoms with van der Waals surface area (Å²) in [6.45, 7) is 0.0367. The molecule has 0 radical (unpaired) electrons. The maximum absolute atomic E-state index is 12.2. The molecule has 2 aliphatic rings. The second-order valence-electron chi connectivity index (χ2n) is 8.75. The molecule has 0 saturated heterocycles. The van der Waals surface area contributed by atoms with Crippen LogP contribution in [0.2, 0.25) is 0 Å². The molecular weight excluding hydrogens is 464 g/mol.